The van der Waals surface area contributed by atoms with Gasteiger partial charge in [0.05, 0.1) is 12.5 Å². The van der Waals surface area contributed by atoms with Gasteiger partial charge in [-0.05, 0) is 6.54 Å². The molecule has 0 heterocycles. The van der Waals surface area contributed by atoms with Gasteiger partial charge in [-0.3, -0.25) is 0 Å². The van der Waals surface area contributed by atoms with Gasteiger partial charge in [0.2, 0.25) is 19.1 Å². The van der Waals surface area contributed by atoms with Crippen molar-refractivity contribution in [1.29, 1.82) is 0 Å². The Morgan fingerprint density at radius 3 is 1.33 bits per heavy atom. The predicted octanol–water partition coefficient (Wildman–Crippen LogP) is -0.295. The summed E-state index contributed by atoms with van der Waals surface area (Å²) in [6.07, 6.45) is 2.06. The molecule has 0 aliphatic heterocycles. The highest BCUT2D eigenvalue weighted by molar-refractivity contribution is 8.13. The van der Waals surface area contributed by atoms with Gasteiger partial charge in [-0.1, -0.05) is 13.8 Å². The summed E-state index contributed by atoms with van der Waals surface area (Å²) in [5, 5.41) is 0. The van der Waals surface area contributed by atoms with Crippen molar-refractivity contribution in [3.05, 3.63) is 0 Å². The predicted molar refractivity (Wildman–Crippen MR) is 63.9 cm³/mol. The highest BCUT2D eigenvalue weighted by Crippen LogP contribution is 1.83. The number of hydrogen-bond donors (Lipinski definition) is 2. The Bertz CT molecular complexity index is 304. The molecule has 0 amide bonds. The Labute approximate surface area is 96.7 Å². The lowest BCUT2D eigenvalue weighted by Crippen LogP contribution is -2.20. The third-order valence-electron chi connectivity index (χ3n) is 0.407. The highest BCUT2D eigenvalue weighted by Gasteiger charge is 1.92. The van der Waals surface area contributed by atoms with Crippen LogP contribution in [0.5, 0.6) is 0 Å². The Morgan fingerprint density at radius 2 is 1.33 bits per heavy atom. The van der Waals surface area contributed by atoms with Crippen molar-refractivity contribution in [1.82, 2.24) is 4.72 Å². The van der Waals surface area contributed by atoms with Crippen LogP contribution in [0.25, 0.3) is 0 Å². The molecule has 0 rings (SSSR count). The van der Waals surface area contributed by atoms with Crippen LogP contribution in [0.1, 0.15) is 13.8 Å². The Hall–Kier alpha value is 0.110. The number of nitrogens with two attached hydrogens (primary N) is 1. The molecule has 0 aromatic rings. The normalized spacial score (nSPS) is 10.5. The molecular weight excluding hydrogens is 264 g/mol. The summed E-state index contributed by atoms with van der Waals surface area (Å²) >= 11 is 0. The van der Waals surface area contributed by atoms with Crippen molar-refractivity contribution in [2.24, 2.45) is 5.73 Å². The van der Waals surface area contributed by atoms with Crippen molar-refractivity contribution in [3.8, 4) is 0 Å². The van der Waals surface area contributed by atoms with Crippen molar-refractivity contribution < 1.29 is 16.8 Å². The second-order valence-corrected chi connectivity index (χ2v) is 7.24. The van der Waals surface area contributed by atoms with Gasteiger partial charge in [-0.2, -0.15) is 0 Å². The molecule has 0 aliphatic carbocycles. The van der Waals surface area contributed by atoms with Gasteiger partial charge >= 0.3 is 0 Å². The second kappa shape index (κ2) is 10.6. The first-order valence-electron chi connectivity index (χ1n) is 4.02. The molecule has 6 nitrogen and oxygen atoms in total. The minimum Gasteiger partial charge on any atom is -0.331 e. The first kappa shape index (κ1) is 20.5. The number of rotatable bonds is 2. The van der Waals surface area contributed by atoms with Crippen LogP contribution >= 0.6 is 10.7 Å². The van der Waals surface area contributed by atoms with E-state index in [1.54, 1.807) is 6.92 Å². The molecule has 0 atom stereocenters. The maximum Gasteiger partial charge on any atom is 0.229 e. The van der Waals surface area contributed by atoms with Gasteiger partial charge < -0.3 is 5.73 Å². The zero-order valence-electron chi connectivity index (χ0n) is 9.32. The molecule has 0 saturated heterocycles. The van der Waals surface area contributed by atoms with Crippen molar-refractivity contribution in [2.75, 3.05) is 25.6 Å². The molecule has 0 unspecified atom stereocenters. The minimum absolute atomic E-state index is 0.471. The van der Waals surface area contributed by atoms with Gasteiger partial charge in [-0.25, -0.2) is 21.6 Å². The Balaban J connectivity index is -0.000000158. The quantitative estimate of drug-likeness (QED) is 0.677. The number of nitrogens with one attached hydrogen (secondary N) is 1. The van der Waals surface area contributed by atoms with E-state index in [-0.39, 0.29) is 0 Å². The van der Waals surface area contributed by atoms with E-state index in [1.165, 1.54) is 0 Å². The third kappa shape index (κ3) is 122. The molecule has 96 valence electrons. The summed E-state index contributed by atoms with van der Waals surface area (Å²) in [5.41, 5.74) is 4.85. The molecule has 0 spiro atoms. The van der Waals surface area contributed by atoms with Gasteiger partial charge in [0, 0.05) is 17.2 Å². The topological polar surface area (TPSA) is 106 Å². The van der Waals surface area contributed by atoms with E-state index < -0.39 is 19.1 Å². The average Bonchev–Trinajstić information content (AvgIpc) is 1.80. The van der Waals surface area contributed by atoms with Crippen LogP contribution in [-0.2, 0) is 19.1 Å². The number of sulfonamides is 1. The first-order chi connectivity index (χ1) is 6.47. The van der Waals surface area contributed by atoms with E-state index in [2.05, 4.69) is 15.4 Å². The monoisotopic (exact) mass is 282 g/mol. The lowest BCUT2D eigenvalue weighted by molar-refractivity contribution is 0.590. The van der Waals surface area contributed by atoms with Gasteiger partial charge in [-0.15, -0.1) is 0 Å². The van der Waals surface area contributed by atoms with Gasteiger partial charge in [0.1, 0.15) is 0 Å². The average molecular weight is 283 g/mol. The van der Waals surface area contributed by atoms with Crippen molar-refractivity contribution >= 4 is 29.8 Å². The van der Waals surface area contributed by atoms with E-state index in [9.17, 15) is 16.8 Å². The highest BCUT2D eigenvalue weighted by atomic mass is 35.7. The van der Waals surface area contributed by atoms with Crippen LogP contribution in [0.2, 0.25) is 0 Å². The molecule has 3 N–H and O–H groups in total. The van der Waals surface area contributed by atoms with Crippen LogP contribution in [0.4, 0.5) is 0 Å². The van der Waals surface area contributed by atoms with Crippen LogP contribution in [0.15, 0.2) is 0 Å². The molecule has 15 heavy (non-hydrogen) atoms. The SMILES string of the molecule is CCN.CCNS(C)(=O)=O.CS(=O)(=O)Cl. The minimum atomic E-state index is -3.19. The van der Waals surface area contributed by atoms with E-state index in [0.717, 1.165) is 19.1 Å². The van der Waals surface area contributed by atoms with Crippen LogP contribution in [0, 0.1) is 0 Å². The summed E-state index contributed by atoms with van der Waals surface area (Å²) < 4.78 is 41.3. The summed E-state index contributed by atoms with van der Waals surface area (Å²) in [4.78, 5) is 0. The largest absolute Gasteiger partial charge is 0.331 e. The lowest BCUT2D eigenvalue weighted by Gasteiger charge is -1.91. The van der Waals surface area contributed by atoms with E-state index in [4.69, 9.17) is 5.73 Å². The maximum absolute atomic E-state index is 10.1. The first-order valence-corrected chi connectivity index (χ1v) is 8.63. The smallest absolute Gasteiger partial charge is 0.229 e. The van der Waals surface area contributed by atoms with Gasteiger partial charge in [0.25, 0.3) is 0 Å². The fourth-order valence-electron chi connectivity index (χ4n) is 0.262. The van der Waals surface area contributed by atoms with E-state index in [0.29, 0.717) is 6.54 Å². The molecule has 9 heteroatoms. The van der Waals surface area contributed by atoms with E-state index >= 15 is 0 Å². The molecule has 0 aromatic carbocycles. The van der Waals surface area contributed by atoms with Gasteiger partial charge in [0.15, 0.2) is 0 Å². The summed E-state index contributed by atoms with van der Waals surface area (Å²) in [5.74, 6) is 0. The zero-order chi connectivity index (χ0) is 13.1. The van der Waals surface area contributed by atoms with Crippen molar-refractivity contribution in [3.63, 3.8) is 0 Å². The summed E-state index contributed by atoms with van der Waals surface area (Å²) in [6.45, 7) is 4.86. The molecule has 0 aromatic heterocycles. The van der Waals surface area contributed by atoms with Crippen LogP contribution < -0.4 is 10.5 Å². The second-order valence-electron chi connectivity index (χ2n) is 2.36. The molecule has 0 aliphatic rings. The molecule has 0 radical (unpaired) electrons. The number of hydrogen-bond acceptors (Lipinski definition) is 5. The maximum atomic E-state index is 10.1. The standard InChI is InChI=1S/C3H9NO2S.C2H7N.CH3ClO2S/c1-3-4-7(2,5)6;1-2-3;1-5(2,3)4/h4H,3H2,1-2H3;2-3H2,1H3;1H3. The zero-order valence-corrected chi connectivity index (χ0v) is 11.7. The summed E-state index contributed by atoms with van der Waals surface area (Å²) in [7, 11) is -1.62. The lowest BCUT2D eigenvalue weighted by atomic mass is 10.8. The number of halogens is 1. The third-order valence-corrected chi connectivity index (χ3v) is 1.22. The van der Waals surface area contributed by atoms with E-state index in [1.807, 2.05) is 6.92 Å². The Morgan fingerprint density at radius 1 is 1.13 bits per heavy atom. The molecule has 0 fully saturated rings. The van der Waals surface area contributed by atoms with Crippen LogP contribution in [0.3, 0.4) is 0 Å². The fourth-order valence-corrected chi connectivity index (χ4v) is 0.787. The van der Waals surface area contributed by atoms with Crippen molar-refractivity contribution in [2.45, 2.75) is 13.8 Å². The molecule has 0 saturated carbocycles. The van der Waals surface area contributed by atoms with Crippen LogP contribution in [-0.4, -0.2) is 42.4 Å². The Kier molecular flexibility index (Phi) is 14.5. The molecular formula is C6H19ClN2O4S2. The summed E-state index contributed by atoms with van der Waals surface area (Å²) in [6, 6.07) is 0. The molecule has 0 bridgehead atoms. The fraction of sp³-hybridized carbons (Fsp3) is 1.00.